The Morgan fingerprint density at radius 1 is 0.769 bits per heavy atom. The summed E-state index contributed by atoms with van der Waals surface area (Å²) in [6.07, 6.45) is 3.24. The monoisotopic (exact) mass is 175 g/mol. The highest BCUT2D eigenvalue weighted by Crippen LogP contribution is 2.84. The van der Waals surface area contributed by atoms with Crippen molar-refractivity contribution in [2.24, 2.45) is 59.0 Å². The van der Waals surface area contributed by atoms with Gasteiger partial charge in [-0.1, -0.05) is 0 Å². The molecule has 0 amide bonds. The Morgan fingerprint density at radius 2 is 1.31 bits per heavy atom. The topological polar surface area (TPSA) is 26.0 Å². The highest BCUT2D eigenvalue weighted by Gasteiger charge is 2.79. The molecule has 6 aliphatic carbocycles. The summed E-state index contributed by atoms with van der Waals surface area (Å²) in [7, 11) is 0. The van der Waals surface area contributed by atoms with Gasteiger partial charge in [-0.05, 0) is 72.6 Å². The molecule has 6 bridgehead atoms. The lowest BCUT2D eigenvalue weighted by Gasteiger charge is -2.33. The molecule has 6 fully saturated rings. The third kappa shape index (κ3) is 0.407. The van der Waals surface area contributed by atoms with Gasteiger partial charge in [0.15, 0.2) is 0 Å². The maximum absolute atomic E-state index is 5.97. The Balaban J connectivity index is 1.79. The molecular formula is C12H17N. The molecule has 1 heteroatoms. The standard InChI is InChI=1S/C12H17N/c13-3-8-11-6-1-4-5-2-7(9(4)11)12(8)10(5)6/h4-12H,1-3,13H2/t4-,5+,6+,7-,8?,9-,10-,11-,12+/m1/s1. The molecule has 2 N–H and O–H groups in total. The van der Waals surface area contributed by atoms with Crippen molar-refractivity contribution in [2.45, 2.75) is 12.8 Å². The fraction of sp³-hybridized carbons (Fsp3) is 1.00. The molecule has 0 saturated heterocycles. The van der Waals surface area contributed by atoms with Crippen molar-refractivity contribution < 1.29 is 0 Å². The van der Waals surface area contributed by atoms with Gasteiger partial charge in [-0.25, -0.2) is 0 Å². The number of hydrogen-bond donors (Lipinski definition) is 1. The van der Waals surface area contributed by atoms with E-state index in [1.807, 2.05) is 0 Å². The van der Waals surface area contributed by atoms with Gasteiger partial charge >= 0.3 is 0 Å². The second-order valence-corrected chi connectivity index (χ2v) is 6.34. The van der Waals surface area contributed by atoms with E-state index in [0.717, 1.165) is 36.1 Å². The quantitative estimate of drug-likeness (QED) is 0.639. The van der Waals surface area contributed by atoms with Gasteiger partial charge in [0.1, 0.15) is 0 Å². The molecule has 0 radical (unpaired) electrons. The van der Waals surface area contributed by atoms with E-state index in [1.54, 1.807) is 12.8 Å². The normalized spacial score (nSPS) is 79.6. The van der Waals surface area contributed by atoms with E-state index in [9.17, 15) is 0 Å². The van der Waals surface area contributed by atoms with Crippen LogP contribution in [-0.2, 0) is 0 Å². The third-order valence-electron chi connectivity index (χ3n) is 6.75. The van der Waals surface area contributed by atoms with Crippen LogP contribution in [0.25, 0.3) is 0 Å². The Morgan fingerprint density at radius 3 is 1.77 bits per heavy atom. The minimum atomic E-state index is 0.975. The maximum Gasteiger partial charge on any atom is -0.00431 e. The van der Waals surface area contributed by atoms with Crippen molar-refractivity contribution in [3.63, 3.8) is 0 Å². The number of nitrogens with two attached hydrogens (primary N) is 1. The van der Waals surface area contributed by atoms with Gasteiger partial charge in [-0.3, -0.25) is 0 Å². The zero-order chi connectivity index (χ0) is 8.32. The van der Waals surface area contributed by atoms with Gasteiger partial charge in [0.25, 0.3) is 0 Å². The van der Waals surface area contributed by atoms with E-state index >= 15 is 0 Å². The van der Waals surface area contributed by atoms with Crippen LogP contribution in [0.1, 0.15) is 12.8 Å². The van der Waals surface area contributed by atoms with Crippen LogP contribution in [0, 0.1) is 53.3 Å². The summed E-state index contributed by atoms with van der Waals surface area (Å²) in [5.41, 5.74) is 5.97. The van der Waals surface area contributed by atoms with Gasteiger partial charge in [-0.2, -0.15) is 0 Å². The lowest BCUT2D eigenvalue weighted by molar-refractivity contribution is 0.132. The van der Waals surface area contributed by atoms with Crippen LogP contribution in [0.5, 0.6) is 0 Å². The Labute approximate surface area is 79.1 Å². The fourth-order valence-corrected chi connectivity index (χ4v) is 7.13. The summed E-state index contributed by atoms with van der Waals surface area (Å²) in [4.78, 5) is 0. The summed E-state index contributed by atoms with van der Waals surface area (Å²) in [5.74, 6) is 10.3. The van der Waals surface area contributed by atoms with Crippen molar-refractivity contribution in [3.8, 4) is 0 Å². The molecule has 0 aromatic heterocycles. The predicted octanol–water partition coefficient (Wildman–Crippen LogP) is 1.34. The maximum atomic E-state index is 5.97. The van der Waals surface area contributed by atoms with Crippen molar-refractivity contribution >= 4 is 0 Å². The molecule has 0 aromatic rings. The van der Waals surface area contributed by atoms with E-state index in [1.165, 1.54) is 23.7 Å². The van der Waals surface area contributed by atoms with Crippen molar-refractivity contribution in [1.29, 1.82) is 0 Å². The number of hydrogen-bond acceptors (Lipinski definition) is 1. The first-order chi connectivity index (χ1) is 6.42. The van der Waals surface area contributed by atoms with Crippen LogP contribution in [0.3, 0.4) is 0 Å². The molecular weight excluding hydrogens is 158 g/mol. The molecule has 6 rings (SSSR count). The van der Waals surface area contributed by atoms with Crippen LogP contribution >= 0.6 is 0 Å². The second kappa shape index (κ2) is 1.60. The molecule has 0 aromatic carbocycles. The third-order valence-corrected chi connectivity index (χ3v) is 6.75. The molecule has 70 valence electrons. The van der Waals surface area contributed by atoms with Gasteiger partial charge in [0.2, 0.25) is 0 Å². The zero-order valence-corrected chi connectivity index (χ0v) is 7.89. The first kappa shape index (κ1) is 6.44. The van der Waals surface area contributed by atoms with E-state index in [-0.39, 0.29) is 0 Å². The molecule has 9 atom stereocenters. The van der Waals surface area contributed by atoms with E-state index < -0.39 is 0 Å². The Hall–Kier alpha value is -0.0400. The summed E-state index contributed by atoms with van der Waals surface area (Å²) in [6, 6.07) is 0. The summed E-state index contributed by atoms with van der Waals surface area (Å²) >= 11 is 0. The first-order valence-corrected chi connectivity index (χ1v) is 6.12. The lowest BCUT2D eigenvalue weighted by atomic mass is 9.71. The average Bonchev–Trinajstić information content (AvgIpc) is 2.78. The Kier molecular flexibility index (Phi) is 0.793. The Bertz CT molecular complexity index is 271. The molecule has 1 nitrogen and oxygen atoms in total. The van der Waals surface area contributed by atoms with E-state index in [0.29, 0.717) is 0 Å². The van der Waals surface area contributed by atoms with Crippen molar-refractivity contribution in [3.05, 3.63) is 0 Å². The van der Waals surface area contributed by atoms with Crippen molar-refractivity contribution in [2.75, 3.05) is 6.54 Å². The molecule has 0 heterocycles. The highest BCUT2D eigenvalue weighted by atomic mass is 14.9. The largest absolute Gasteiger partial charge is 0.330 e. The van der Waals surface area contributed by atoms with Crippen molar-refractivity contribution in [1.82, 2.24) is 0 Å². The van der Waals surface area contributed by atoms with Gasteiger partial charge in [0.05, 0.1) is 0 Å². The van der Waals surface area contributed by atoms with Crippen LogP contribution < -0.4 is 5.73 Å². The van der Waals surface area contributed by atoms with E-state index in [4.69, 9.17) is 5.73 Å². The minimum absolute atomic E-state index is 0.975. The first-order valence-electron chi connectivity index (χ1n) is 6.12. The molecule has 0 spiro atoms. The molecule has 0 aliphatic heterocycles. The second-order valence-electron chi connectivity index (χ2n) is 6.34. The van der Waals surface area contributed by atoms with Crippen LogP contribution in [0.2, 0.25) is 0 Å². The summed E-state index contributed by atoms with van der Waals surface area (Å²) in [5, 5.41) is 0. The lowest BCUT2D eigenvalue weighted by Crippen LogP contribution is -2.30. The molecule has 6 saturated carbocycles. The van der Waals surface area contributed by atoms with E-state index in [2.05, 4.69) is 0 Å². The molecule has 6 aliphatic rings. The summed E-state index contributed by atoms with van der Waals surface area (Å²) in [6.45, 7) is 1.01. The van der Waals surface area contributed by atoms with Crippen LogP contribution in [-0.4, -0.2) is 6.54 Å². The minimum Gasteiger partial charge on any atom is -0.330 e. The predicted molar refractivity (Wildman–Crippen MR) is 49.7 cm³/mol. The fourth-order valence-electron chi connectivity index (χ4n) is 7.13. The van der Waals surface area contributed by atoms with Crippen LogP contribution in [0.4, 0.5) is 0 Å². The highest BCUT2D eigenvalue weighted by molar-refractivity contribution is 5.27. The van der Waals surface area contributed by atoms with Gasteiger partial charge in [-0.15, -0.1) is 0 Å². The smallest absolute Gasteiger partial charge is 0.00431 e. The van der Waals surface area contributed by atoms with Crippen LogP contribution in [0.15, 0.2) is 0 Å². The zero-order valence-electron chi connectivity index (χ0n) is 7.89. The SMILES string of the molecule is NCC1[C@@H]2[C@@H]3C[C@H]4[C@H]5C[C@H]([C@H]1[C@H]53)[C@@H]42. The number of rotatable bonds is 1. The van der Waals surface area contributed by atoms with Gasteiger partial charge in [0, 0.05) is 0 Å². The molecule has 13 heavy (non-hydrogen) atoms. The average molecular weight is 175 g/mol. The molecule has 1 unspecified atom stereocenters. The van der Waals surface area contributed by atoms with Gasteiger partial charge < -0.3 is 5.73 Å². The summed E-state index contributed by atoms with van der Waals surface area (Å²) < 4.78 is 0.